The van der Waals surface area contributed by atoms with Gasteiger partial charge in [0.2, 0.25) is 0 Å². The number of rotatable bonds is 1. The second-order valence-electron chi connectivity index (χ2n) is 8.21. The van der Waals surface area contributed by atoms with Crippen molar-refractivity contribution in [2.75, 3.05) is 26.2 Å². The second-order valence-corrected chi connectivity index (χ2v) is 8.21. The Balaban J connectivity index is 1.74. The van der Waals surface area contributed by atoms with E-state index in [1.807, 2.05) is 25.7 Å². The third-order valence-electron chi connectivity index (χ3n) is 4.78. The number of piperidine rings is 1. The predicted octanol–water partition coefficient (Wildman–Crippen LogP) is 3.22. The van der Waals surface area contributed by atoms with E-state index >= 15 is 0 Å². The number of nitrogens with zero attached hydrogens (tertiary/aromatic N) is 2. The first-order chi connectivity index (χ1) is 11.2. The minimum absolute atomic E-state index is 0.0554. The molecule has 0 aliphatic carbocycles. The van der Waals surface area contributed by atoms with E-state index in [1.165, 1.54) is 6.42 Å². The van der Waals surface area contributed by atoms with E-state index in [-0.39, 0.29) is 18.2 Å². The molecule has 0 aromatic carbocycles. The van der Waals surface area contributed by atoms with Gasteiger partial charge < -0.3 is 19.9 Å². The fraction of sp³-hybridized carbons (Fsp3) is 0.889. The molecule has 2 aliphatic rings. The summed E-state index contributed by atoms with van der Waals surface area (Å²) in [4.78, 5) is 28.2. The van der Waals surface area contributed by atoms with Crippen LogP contribution in [0.2, 0.25) is 0 Å². The monoisotopic (exact) mass is 339 g/mol. The Morgan fingerprint density at radius 1 is 0.958 bits per heavy atom. The zero-order valence-corrected chi connectivity index (χ0v) is 15.6. The van der Waals surface area contributed by atoms with E-state index < -0.39 is 5.60 Å². The van der Waals surface area contributed by atoms with E-state index in [4.69, 9.17) is 4.74 Å². The van der Waals surface area contributed by atoms with Crippen molar-refractivity contribution in [2.45, 2.75) is 71.4 Å². The number of hydrogen-bond acceptors (Lipinski definition) is 3. The van der Waals surface area contributed by atoms with Crippen molar-refractivity contribution in [1.82, 2.24) is 15.1 Å². The molecule has 0 saturated carbocycles. The quantitative estimate of drug-likeness (QED) is 0.798. The third kappa shape index (κ3) is 5.87. The highest BCUT2D eigenvalue weighted by Gasteiger charge is 2.28. The Bertz CT molecular complexity index is 439. The molecule has 24 heavy (non-hydrogen) atoms. The summed E-state index contributed by atoms with van der Waals surface area (Å²) in [5, 5.41) is 3.15. The van der Waals surface area contributed by atoms with Crippen molar-refractivity contribution in [3.63, 3.8) is 0 Å². The van der Waals surface area contributed by atoms with E-state index in [2.05, 4.69) is 12.2 Å². The molecule has 6 nitrogen and oxygen atoms in total. The molecule has 2 fully saturated rings. The van der Waals surface area contributed by atoms with Crippen LogP contribution in [0.5, 0.6) is 0 Å². The van der Waals surface area contributed by atoms with Crippen LogP contribution < -0.4 is 5.32 Å². The highest BCUT2D eigenvalue weighted by molar-refractivity contribution is 5.74. The topological polar surface area (TPSA) is 61.9 Å². The van der Waals surface area contributed by atoms with Crippen molar-refractivity contribution in [3.8, 4) is 0 Å². The maximum Gasteiger partial charge on any atom is 0.410 e. The van der Waals surface area contributed by atoms with E-state index in [9.17, 15) is 9.59 Å². The lowest BCUT2D eigenvalue weighted by molar-refractivity contribution is 0.0200. The van der Waals surface area contributed by atoms with Gasteiger partial charge in [-0.3, -0.25) is 0 Å². The van der Waals surface area contributed by atoms with Gasteiger partial charge >= 0.3 is 12.1 Å². The number of hydrogen-bond donors (Lipinski definition) is 1. The van der Waals surface area contributed by atoms with Crippen LogP contribution in [0.1, 0.15) is 59.8 Å². The lowest BCUT2D eigenvalue weighted by Crippen LogP contribution is -2.51. The standard InChI is InChI=1S/C18H33N3O3/c1-14-6-5-10-20(11-7-14)16(22)19-15-8-12-21(13-9-15)17(23)24-18(2,3)4/h14-15H,5-13H2,1-4H3,(H,19,22)/t14-/m0/s1. The normalized spacial score (nSPS) is 23.6. The van der Waals surface area contributed by atoms with Crippen molar-refractivity contribution in [1.29, 1.82) is 0 Å². The van der Waals surface area contributed by atoms with E-state index in [0.29, 0.717) is 19.0 Å². The summed E-state index contributed by atoms with van der Waals surface area (Å²) in [5.41, 5.74) is -0.466. The van der Waals surface area contributed by atoms with Gasteiger partial charge in [-0.05, 0) is 58.8 Å². The van der Waals surface area contributed by atoms with Crippen LogP contribution in [0, 0.1) is 5.92 Å². The van der Waals surface area contributed by atoms with Crippen molar-refractivity contribution < 1.29 is 14.3 Å². The zero-order valence-electron chi connectivity index (χ0n) is 15.6. The molecule has 1 N–H and O–H groups in total. The molecule has 2 aliphatic heterocycles. The van der Waals surface area contributed by atoms with Crippen LogP contribution in [0.4, 0.5) is 9.59 Å². The van der Waals surface area contributed by atoms with Gasteiger partial charge in [0, 0.05) is 32.2 Å². The molecule has 3 amide bonds. The highest BCUT2D eigenvalue weighted by Crippen LogP contribution is 2.18. The highest BCUT2D eigenvalue weighted by atomic mass is 16.6. The molecule has 0 aromatic heterocycles. The van der Waals surface area contributed by atoms with Gasteiger partial charge in [0.25, 0.3) is 0 Å². The molecule has 0 unspecified atom stereocenters. The van der Waals surface area contributed by atoms with E-state index in [0.717, 1.165) is 38.8 Å². The molecule has 0 spiro atoms. The molecular formula is C18H33N3O3. The zero-order chi connectivity index (χ0) is 17.7. The number of nitrogens with one attached hydrogen (secondary N) is 1. The largest absolute Gasteiger partial charge is 0.444 e. The molecular weight excluding hydrogens is 306 g/mol. The van der Waals surface area contributed by atoms with Crippen LogP contribution in [-0.4, -0.2) is 59.7 Å². The maximum absolute atomic E-state index is 12.4. The smallest absolute Gasteiger partial charge is 0.410 e. The Kier molecular flexibility index (Phi) is 6.35. The number of carbonyl (C=O) groups excluding carboxylic acids is 2. The molecule has 6 heteroatoms. The first kappa shape index (κ1) is 18.9. The van der Waals surface area contributed by atoms with Crippen molar-refractivity contribution >= 4 is 12.1 Å². The maximum atomic E-state index is 12.4. The number of ether oxygens (including phenoxy) is 1. The fourth-order valence-corrected chi connectivity index (χ4v) is 3.26. The molecule has 138 valence electrons. The Morgan fingerprint density at radius 3 is 2.21 bits per heavy atom. The summed E-state index contributed by atoms with van der Waals surface area (Å²) in [6, 6.07) is 0.205. The number of amides is 3. The average molecular weight is 339 g/mol. The average Bonchev–Trinajstić information content (AvgIpc) is 2.71. The minimum atomic E-state index is -0.466. The van der Waals surface area contributed by atoms with Gasteiger partial charge in [-0.25, -0.2) is 9.59 Å². The summed E-state index contributed by atoms with van der Waals surface area (Å²) >= 11 is 0. The van der Waals surface area contributed by atoms with Gasteiger partial charge in [-0.15, -0.1) is 0 Å². The summed E-state index contributed by atoms with van der Waals surface area (Å²) in [6.45, 7) is 10.9. The molecule has 0 radical (unpaired) electrons. The molecule has 2 rings (SSSR count). The first-order valence-electron chi connectivity index (χ1n) is 9.28. The molecule has 0 bridgehead atoms. The second kappa shape index (κ2) is 8.08. The van der Waals surface area contributed by atoms with Crippen LogP contribution >= 0.6 is 0 Å². The molecule has 2 saturated heterocycles. The summed E-state index contributed by atoms with van der Waals surface area (Å²) < 4.78 is 5.40. The van der Waals surface area contributed by atoms with Crippen LogP contribution in [0.3, 0.4) is 0 Å². The molecule has 2 heterocycles. The molecule has 0 aromatic rings. The van der Waals surface area contributed by atoms with E-state index in [1.54, 1.807) is 4.90 Å². The lowest BCUT2D eigenvalue weighted by Gasteiger charge is -2.34. The van der Waals surface area contributed by atoms with Gasteiger partial charge in [0.1, 0.15) is 5.60 Å². The van der Waals surface area contributed by atoms with Crippen LogP contribution in [-0.2, 0) is 4.74 Å². The molecule has 1 atom stereocenters. The Hall–Kier alpha value is -1.46. The Labute approximate surface area is 145 Å². The summed E-state index contributed by atoms with van der Waals surface area (Å²) in [6.07, 6.45) is 4.70. The van der Waals surface area contributed by atoms with Gasteiger partial charge in [-0.2, -0.15) is 0 Å². The number of urea groups is 1. The summed E-state index contributed by atoms with van der Waals surface area (Å²) in [5.74, 6) is 0.708. The van der Waals surface area contributed by atoms with Crippen molar-refractivity contribution in [2.24, 2.45) is 5.92 Å². The van der Waals surface area contributed by atoms with Crippen LogP contribution in [0.15, 0.2) is 0 Å². The van der Waals surface area contributed by atoms with Gasteiger partial charge in [0.15, 0.2) is 0 Å². The Morgan fingerprint density at radius 2 is 1.58 bits per heavy atom. The summed E-state index contributed by atoms with van der Waals surface area (Å²) in [7, 11) is 0. The first-order valence-corrected chi connectivity index (χ1v) is 9.28. The number of carbonyl (C=O) groups is 2. The third-order valence-corrected chi connectivity index (χ3v) is 4.78. The lowest BCUT2D eigenvalue weighted by atomic mass is 10.0. The van der Waals surface area contributed by atoms with Gasteiger partial charge in [0.05, 0.1) is 0 Å². The SMILES string of the molecule is C[C@H]1CCCN(C(=O)NC2CCN(C(=O)OC(C)(C)C)CC2)CC1. The van der Waals surface area contributed by atoms with Crippen LogP contribution in [0.25, 0.3) is 0 Å². The fourth-order valence-electron chi connectivity index (χ4n) is 3.26. The number of likely N-dealkylation sites (tertiary alicyclic amines) is 2. The van der Waals surface area contributed by atoms with Gasteiger partial charge in [-0.1, -0.05) is 6.92 Å². The van der Waals surface area contributed by atoms with Crippen molar-refractivity contribution in [3.05, 3.63) is 0 Å². The minimum Gasteiger partial charge on any atom is -0.444 e. The predicted molar refractivity (Wildman–Crippen MR) is 93.9 cm³/mol.